The molecule has 1 aliphatic heterocycles. The molecular formula is C18H27N5O2S. The van der Waals surface area contributed by atoms with Gasteiger partial charge in [0.15, 0.2) is 0 Å². The molecule has 0 saturated carbocycles. The largest absolute Gasteiger partial charge is 0.301 e. The zero-order valence-electron chi connectivity index (χ0n) is 15.9. The Kier molecular flexibility index (Phi) is 5.45. The summed E-state index contributed by atoms with van der Waals surface area (Å²) in [6.45, 7) is 8.44. The molecule has 2 aromatic rings. The zero-order valence-corrected chi connectivity index (χ0v) is 16.7. The summed E-state index contributed by atoms with van der Waals surface area (Å²) in [4.78, 5) is 2.08. The second-order valence-corrected chi connectivity index (χ2v) is 9.22. The summed E-state index contributed by atoms with van der Waals surface area (Å²) in [7, 11) is -1.27. The first-order valence-corrected chi connectivity index (χ1v) is 10.5. The van der Waals surface area contributed by atoms with Crippen LogP contribution in [-0.4, -0.2) is 64.5 Å². The van der Waals surface area contributed by atoms with E-state index in [-0.39, 0.29) is 18.3 Å². The first kappa shape index (κ1) is 19.0. The molecule has 142 valence electrons. The molecule has 0 N–H and O–H groups in total. The maximum Gasteiger partial charge on any atom is 0.216 e. The van der Waals surface area contributed by atoms with Crippen LogP contribution in [0.5, 0.6) is 0 Å². The topological polar surface area (TPSA) is 71.3 Å². The van der Waals surface area contributed by atoms with Gasteiger partial charge in [-0.25, -0.2) is 13.1 Å². The van der Waals surface area contributed by atoms with Crippen molar-refractivity contribution in [2.45, 2.75) is 39.9 Å². The van der Waals surface area contributed by atoms with Gasteiger partial charge in [0.05, 0.1) is 30.7 Å². The summed E-state index contributed by atoms with van der Waals surface area (Å²) in [6, 6.07) is 6.43. The van der Waals surface area contributed by atoms with Gasteiger partial charge in [0.25, 0.3) is 0 Å². The summed E-state index contributed by atoms with van der Waals surface area (Å²) in [5.74, 6) is 0.175. The fraction of sp³-hybridized carbons (Fsp3) is 0.556. The number of benzene rings is 1. The van der Waals surface area contributed by atoms with Crippen LogP contribution in [0.1, 0.15) is 29.3 Å². The number of hydrogen-bond acceptors (Lipinski definition) is 5. The molecule has 0 bridgehead atoms. The minimum Gasteiger partial charge on any atom is -0.301 e. The van der Waals surface area contributed by atoms with Crippen molar-refractivity contribution in [3.63, 3.8) is 0 Å². The van der Waals surface area contributed by atoms with E-state index in [1.165, 1.54) is 15.4 Å². The third-order valence-electron chi connectivity index (χ3n) is 4.88. The average molecular weight is 378 g/mol. The van der Waals surface area contributed by atoms with Gasteiger partial charge in [-0.05, 0) is 33.0 Å². The summed E-state index contributed by atoms with van der Waals surface area (Å²) in [5, 5.41) is 8.34. The quantitative estimate of drug-likeness (QED) is 0.761. The van der Waals surface area contributed by atoms with Gasteiger partial charge in [0, 0.05) is 12.6 Å². The van der Waals surface area contributed by atoms with E-state index >= 15 is 0 Å². The highest BCUT2D eigenvalue weighted by Gasteiger charge is 2.37. The van der Waals surface area contributed by atoms with E-state index in [9.17, 15) is 8.42 Å². The van der Waals surface area contributed by atoms with Crippen LogP contribution >= 0.6 is 0 Å². The first-order valence-electron chi connectivity index (χ1n) is 8.91. The number of rotatable bonds is 6. The van der Waals surface area contributed by atoms with Crippen LogP contribution in [0.2, 0.25) is 0 Å². The monoisotopic (exact) mass is 377 g/mol. The van der Waals surface area contributed by atoms with Crippen molar-refractivity contribution < 1.29 is 8.42 Å². The molecule has 3 rings (SSSR count). The first-order chi connectivity index (χ1) is 12.3. The van der Waals surface area contributed by atoms with Crippen LogP contribution in [0.3, 0.4) is 0 Å². The summed E-state index contributed by atoms with van der Waals surface area (Å²) in [5.41, 5.74) is 4.28. The molecule has 1 atom stereocenters. The molecule has 8 heteroatoms. The Bertz CT molecular complexity index is 857. The molecule has 1 fully saturated rings. The lowest BCUT2D eigenvalue weighted by Crippen LogP contribution is -2.35. The van der Waals surface area contributed by atoms with Crippen LogP contribution in [0.4, 0.5) is 0 Å². The van der Waals surface area contributed by atoms with Gasteiger partial charge in [-0.1, -0.05) is 41.5 Å². The van der Waals surface area contributed by atoms with E-state index in [1.54, 1.807) is 4.68 Å². The SMILES string of the molecule is CCN(C)C1CN(Cc2cn(Cc3cc(C)cc(C)c3)nn2)S(=O)(=O)C1. The Balaban J connectivity index is 1.68. The maximum atomic E-state index is 12.4. The molecule has 0 amide bonds. The van der Waals surface area contributed by atoms with Crippen molar-refractivity contribution in [2.75, 3.05) is 25.9 Å². The summed E-state index contributed by atoms with van der Waals surface area (Å²) < 4.78 is 28.1. The molecule has 7 nitrogen and oxygen atoms in total. The van der Waals surface area contributed by atoms with Gasteiger partial charge in [-0.2, -0.15) is 4.31 Å². The molecule has 26 heavy (non-hydrogen) atoms. The minimum atomic E-state index is -3.24. The van der Waals surface area contributed by atoms with Gasteiger partial charge in [-0.15, -0.1) is 5.10 Å². The molecule has 0 aliphatic carbocycles. The molecule has 1 aromatic heterocycles. The molecule has 0 spiro atoms. The van der Waals surface area contributed by atoms with Crippen molar-refractivity contribution in [3.05, 3.63) is 46.8 Å². The highest BCUT2D eigenvalue weighted by atomic mass is 32.2. The lowest BCUT2D eigenvalue weighted by atomic mass is 10.1. The fourth-order valence-corrected chi connectivity index (χ4v) is 5.24. The predicted octanol–water partition coefficient (Wildman–Crippen LogP) is 1.41. The number of sulfonamides is 1. The number of nitrogens with zero attached hydrogens (tertiary/aromatic N) is 5. The van der Waals surface area contributed by atoms with E-state index in [1.807, 2.05) is 20.2 Å². The van der Waals surface area contributed by atoms with Crippen LogP contribution in [0.25, 0.3) is 0 Å². The van der Waals surface area contributed by atoms with Gasteiger partial charge in [0.2, 0.25) is 10.0 Å². The van der Waals surface area contributed by atoms with Crippen LogP contribution in [0.15, 0.2) is 24.4 Å². The Labute approximate surface area is 155 Å². The van der Waals surface area contributed by atoms with Gasteiger partial charge >= 0.3 is 0 Å². The van der Waals surface area contributed by atoms with Crippen molar-refractivity contribution in [1.82, 2.24) is 24.2 Å². The second-order valence-electron chi connectivity index (χ2n) is 7.20. The Hall–Kier alpha value is -1.77. The van der Waals surface area contributed by atoms with E-state index in [0.717, 1.165) is 12.1 Å². The average Bonchev–Trinajstić information content (AvgIpc) is 3.10. The summed E-state index contributed by atoms with van der Waals surface area (Å²) >= 11 is 0. The summed E-state index contributed by atoms with van der Waals surface area (Å²) in [6.07, 6.45) is 1.84. The smallest absolute Gasteiger partial charge is 0.216 e. The maximum absolute atomic E-state index is 12.4. The molecule has 1 aliphatic rings. The molecule has 2 heterocycles. The van der Waals surface area contributed by atoms with Crippen molar-refractivity contribution >= 4 is 10.0 Å². The van der Waals surface area contributed by atoms with Gasteiger partial charge < -0.3 is 4.90 Å². The normalized spacial score (nSPS) is 20.1. The van der Waals surface area contributed by atoms with Crippen molar-refractivity contribution in [1.29, 1.82) is 0 Å². The Morgan fingerprint density at radius 2 is 1.88 bits per heavy atom. The Morgan fingerprint density at radius 1 is 1.19 bits per heavy atom. The van der Waals surface area contributed by atoms with Gasteiger partial charge in [-0.3, -0.25) is 0 Å². The molecule has 1 aromatic carbocycles. The van der Waals surface area contributed by atoms with E-state index in [0.29, 0.717) is 18.8 Å². The van der Waals surface area contributed by atoms with Crippen LogP contribution < -0.4 is 0 Å². The third-order valence-corrected chi connectivity index (χ3v) is 6.75. The van der Waals surface area contributed by atoms with E-state index in [2.05, 4.69) is 47.3 Å². The number of hydrogen-bond donors (Lipinski definition) is 0. The minimum absolute atomic E-state index is 0.0373. The highest BCUT2D eigenvalue weighted by Crippen LogP contribution is 2.20. The second kappa shape index (κ2) is 7.46. The molecule has 0 radical (unpaired) electrons. The number of aromatic nitrogens is 3. The van der Waals surface area contributed by atoms with Crippen molar-refractivity contribution in [3.8, 4) is 0 Å². The van der Waals surface area contributed by atoms with Crippen molar-refractivity contribution in [2.24, 2.45) is 0 Å². The molecule has 1 unspecified atom stereocenters. The third kappa shape index (κ3) is 4.31. The van der Waals surface area contributed by atoms with E-state index in [4.69, 9.17) is 0 Å². The molecular weight excluding hydrogens is 350 g/mol. The highest BCUT2D eigenvalue weighted by molar-refractivity contribution is 7.89. The zero-order chi connectivity index (χ0) is 18.9. The van der Waals surface area contributed by atoms with Gasteiger partial charge in [0.1, 0.15) is 0 Å². The number of aryl methyl sites for hydroxylation is 2. The lowest BCUT2D eigenvalue weighted by Gasteiger charge is -2.20. The standard InChI is InChI=1S/C18H27N5O2S/c1-5-21(4)18-12-23(26(24,25)13-18)11-17-10-22(20-19-17)9-16-7-14(2)6-15(3)8-16/h6-8,10,18H,5,9,11-13H2,1-4H3. The lowest BCUT2D eigenvalue weighted by molar-refractivity contribution is 0.251. The molecule has 1 saturated heterocycles. The predicted molar refractivity (Wildman–Crippen MR) is 101 cm³/mol. The Morgan fingerprint density at radius 3 is 2.54 bits per heavy atom. The van der Waals surface area contributed by atoms with Crippen LogP contribution in [0, 0.1) is 13.8 Å². The van der Waals surface area contributed by atoms with E-state index < -0.39 is 10.0 Å². The van der Waals surface area contributed by atoms with Crippen LogP contribution in [-0.2, 0) is 23.1 Å². The fourth-order valence-electron chi connectivity index (χ4n) is 3.45. The number of likely N-dealkylation sites (N-methyl/N-ethyl adjacent to an activating group) is 1.